The first kappa shape index (κ1) is 15.3. The van der Waals surface area contributed by atoms with E-state index in [9.17, 15) is 13.7 Å². The Balaban J connectivity index is 2.33. The quantitative estimate of drug-likeness (QED) is 0.798. The lowest BCUT2D eigenvalue weighted by atomic mass is 10.1. The topological polar surface area (TPSA) is 61.2 Å². The molecule has 0 spiro atoms. The van der Waals surface area contributed by atoms with Gasteiger partial charge in [-0.2, -0.15) is 5.26 Å². The van der Waals surface area contributed by atoms with E-state index in [1.807, 2.05) is 45.0 Å². The summed E-state index contributed by atoms with van der Waals surface area (Å²) in [5, 5.41) is 9.26. The molecule has 5 heteroatoms. The van der Waals surface area contributed by atoms with Crippen LogP contribution in [0, 0.1) is 32.1 Å². The Morgan fingerprint density at radius 2 is 1.61 bits per heavy atom. The Kier molecular flexibility index (Phi) is 3.50. The minimum absolute atomic E-state index is 0.168. The molecule has 2 aromatic carbocycles. The number of aryl methyl sites for hydroxylation is 3. The summed E-state index contributed by atoms with van der Waals surface area (Å²) in [6, 6.07) is 13.0. The SMILES string of the molecule is Cc1cc(C)cc(N2C=C(C#N)S(=O)(=O)c3ccc(C)cc32)c1. The Bertz CT molecular complexity index is 962. The van der Waals surface area contributed by atoms with Gasteiger partial charge in [-0.05, 0) is 61.7 Å². The van der Waals surface area contributed by atoms with Crippen molar-refractivity contribution in [2.75, 3.05) is 4.90 Å². The summed E-state index contributed by atoms with van der Waals surface area (Å²) in [5.41, 5.74) is 4.54. The molecule has 1 heterocycles. The summed E-state index contributed by atoms with van der Waals surface area (Å²) in [6.07, 6.45) is 1.41. The van der Waals surface area contributed by atoms with Crippen LogP contribution in [-0.2, 0) is 9.84 Å². The van der Waals surface area contributed by atoms with Crippen molar-refractivity contribution in [2.45, 2.75) is 25.7 Å². The number of benzene rings is 2. The highest BCUT2D eigenvalue weighted by Gasteiger charge is 2.32. The van der Waals surface area contributed by atoms with E-state index in [2.05, 4.69) is 6.07 Å². The van der Waals surface area contributed by atoms with Crippen molar-refractivity contribution in [1.82, 2.24) is 0 Å². The number of allylic oxidation sites excluding steroid dienone is 1. The molecule has 23 heavy (non-hydrogen) atoms. The van der Waals surface area contributed by atoms with Gasteiger partial charge in [-0.1, -0.05) is 12.1 Å². The lowest BCUT2D eigenvalue weighted by molar-refractivity contribution is 0.602. The molecule has 116 valence electrons. The van der Waals surface area contributed by atoms with Crippen molar-refractivity contribution < 1.29 is 8.42 Å². The van der Waals surface area contributed by atoms with Crippen LogP contribution < -0.4 is 4.90 Å². The van der Waals surface area contributed by atoms with Crippen molar-refractivity contribution in [1.29, 1.82) is 5.26 Å². The zero-order chi connectivity index (χ0) is 16.8. The van der Waals surface area contributed by atoms with Gasteiger partial charge in [0.1, 0.15) is 6.07 Å². The van der Waals surface area contributed by atoms with Crippen molar-refractivity contribution in [3.63, 3.8) is 0 Å². The Morgan fingerprint density at radius 1 is 0.957 bits per heavy atom. The van der Waals surface area contributed by atoms with Crippen molar-refractivity contribution in [3.05, 3.63) is 64.2 Å². The Labute approximate surface area is 136 Å². The third-order valence-corrected chi connectivity index (χ3v) is 5.49. The number of sulfone groups is 1. The zero-order valence-electron chi connectivity index (χ0n) is 13.2. The molecule has 1 aliphatic rings. The summed E-state index contributed by atoms with van der Waals surface area (Å²) in [5.74, 6) is 0. The predicted molar refractivity (Wildman–Crippen MR) is 90.1 cm³/mol. The number of nitriles is 1. The maximum Gasteiger partial charge on any atom is 0.220 e. The van der Waals surface area contributed by atoms with Crippen molar-refractivity contribution >= 4 is 21.2 Å². The maximum atomic E-state index is 12.5. The normalized spacial score (nSPS) is 15.6. The van der Waals surface area contributed by atoms with Gasteiger partial charge in [0.05, 0.1) is 10.6 Å². The van der Waals surface area contributed by atoms with E-state index >= 15 is 0 Å². The van der Waals surface area contributed by atoms with E-state index in [4.69, 9.17) is 0 Å². The van der Waals surface area contributed by atoms with Gasteiger partial charge in [-0.15, -0.1) is 0 Å². The molecule has 0 unspecified atom stereocenters. The standard InChI is InChI=1S/C18H16N2O2S/c1-12-4-5-18-17(9-12)20(11-16(10-19)23(18,21)22)15-7-13(2)6-14(3)8-15/h4-9,11H,1-3H3. The first-order valence-corrected chi connectivity index (χ1v) is 8.66. The van der Waals surface area contributed by atoms with Gasteiger partial charge in [0.15, 0.2) is 4.91 Å². The zero-order valence-corrected chi connectivity index (χ0v) is 14.0. The van der Waals surface area contributed by atoms with Gasteiger partial charge in [-0.3, -0.25) is 0 Å². The van der Waals surface area contributed by atoms with E-state index in [1.54, 1.807) is 17.0 Å². The Hall–Kier alpha value is -2.58. The minimum Gasteiger partial charge on any atom is -0.314 e. The second-order valence-corrected chi connectivity index (χ2v) is 7.68. The van der Waals surface area contributed by atoms with Crippen LogP contribution in [0.25, 0.3) is 0 Å². The third kappa shape index (κ3) is 2.51. The van der Waals surface area contributed by atoms with Crippen molar-refractivity contribution in [3.8, 4) is 6.07 Å². The highest BCUT2D eigenvalue weighted by atomic mass is 32.2. The van der Waals surface area contributed by atoms with Crippen LogP contribution in [0.1, 0.15) is 16.7 Å². The second-order valence-electron chi connectivity index (χ2n) is 5.80. The molecule has 0 saturated heterocycles. The van der Waals surface area contributed by atoms with Gasteiger partial charge >= 0.3 is 0 Å². The van der Waals surface area contributed by atoms with Crippen LogP contribution in [0.3, 0.4) is 0 Å². The van der Waals surface area contributed by atoms with E-state index in [0.29, 0.717) is 5.69 Å². The highest BCUT2D eigenvalue weighted by Crippen LogP contribution is 2.40. The number of nitrogens with zero attached hydrogens (tertiary/aromatic N) is 2. The van der Waals surface area contributed by atoms with Gasteiger partial charge in [0, 0.05) is 11.9 Å². The van der Waals surface area contributed by atoms with E-state index < -0.39 is 9.84 Å². The van der Waals surface area contributed by atoms with Crippen LogP contribution in [0.5, 0.6) is 0 Å². The molecular weight excluding hydrogens is 308 g/mol. The lowest BCUT2D eigenvalue weighted by Gasteiger charge is -2.28. The molecule has 0 fully saturated rings. The van der Waals surface area contributed by atoms with Crippen LogP contribution in [0.15, 0.2) is 52.4 Å². The molecule has 0 radical (unpaired) electrons. The van der Waals surface area contributed by atoms with E-state index in [0.717, 1.165) is 22.4 Å². The van der Waals surface area contributed by atoms with Gasteiger partial charge in [0.25, 0.3) is 0 Å². The van der Waals surface area contributed by atoms with E-state index in [-0.39, 0.29) is 9.80 Å². The number of fused-ring (bicyclic) bond motifs is 1. The average Bonchev–Trinajstić information content (AvgIpc) is 2.46. The molecule has 0 atom stereocenters. The van der Waals surface area contributed by atoms with Gasteiger partial charge < -0.3 is 4.90 Å². The smallest absolute Gasteiger partial charge is 0.220 e. The van der Waals surface area contributed by atoms with Crippen molar-refractivity contribution in [2.24, 2.45) is 0 Å². The number of hydrogen-bond donors (Lipinski definition) is 0. The summed E-state index contributed by atoms with van der Waals surface area (Å²) in [7, 11) is -3.75. The van der Waals surface area contributed by atoms with Crippen LogP contribution >= 0.6 is 0 Å². The lowest BCUT2D eigenvalue weighted by Crippen LogP contribution is -2.21. The molecule has 0 N–H and O–H groups in total. The summed E-state index contributed by atoms with van der Waals surface area (Å²) in [6.45, 7) is 5.89. The number of hydrogen-bond acceptors (Lipinski definition) is 4. The maximum absolute atomic E-state index is 12.5. The first-order valence-electron chi connectivity index (χ1n) is 7.18. The van der Waals surface area contributed by atoms with Crippen LogP contribution in [-0.4, -0.2) is 8.42 Å². The number of rotatable bonds is 1. The monoisotopic (exact) mass is 324 g/mol. The van der Waals surface area contributed by atoms with Crippen LogP contribution in [0.4, 0.5) is 11.4 Å². The second kappa shape index (κ2) is 5.25. The largest absolute Gasteiger partial charge is 0.314 e. The molecule has 0 aliphatic carbocycles. The fraction of sp³-hybridized carbons (Fsp3) is 0.167. The predicted octanol–water partition coefficient (Wildman–Crippen LogP) is 3.90. The minimum atomic E-state index is -3.75. The molecule has 0 bridgehead atoms. The van der Waals surface area contributed by atoms with Gasteiger partial charge in [-0.25, -0.2) is 8.42 Å². The molecular formula is C18H16N2O2S. The van der Waals surface area contributed by atoms with Gasteiger partial charge in [0.2, 0.25) is 9.84 Å². The fourth-order valence-electron chi connectivity index (χ4n) is 2.81. The average molecular weight is 324 g/mol. The summed E-state index contributed by atoms with van der Waals surface area (Å²) >= 11 is 0. The summed E-state index contributed by atoms with van der Waals surface area (Å²) in [4.78, 5) is 1.70. The molecule has 4 nitrogen and oxygen atoms in total. The highest BCUT2D eigenvalue weighted by molar-refractivity contribution is 7.95. The first-order chi connectivity index (χ1) is 10.8. The molecule has 0 amide bonds. The Morgan fingerprint density at radius 3 is 2.22 bits per heavy atom. The molecule has 1 aliphatic heterocycles. The molecule has 2 aromatic rings. The van der Waals surface area contributed by atoms with E-state index in [1.165, 1.54) is 6.20 Å². The number of anilines is 2. The molecule has 0 aromatic heterocycles. The summed E-state index contributed by atoms with van der Waals surface area (Å²) < 4.78 is 25.1. The molecule has 3 rings (SSSR count). The fourth-order valence-corrected chi connectivity index (χ4v) is 4.09. The molecule has 0 saturated carbocycles. The third-order valence-electron chi connectivity index (χ3n) is 3.79. The van der Waals surface area contributed by atoms with Crippen LogP contribution in [0.2, 0.25) is 0 Å².